The summed E-state index contributed by atoms with van der Waals surface area (Å²) in [6.45, 7) is 0.212. The average Bonchev–Trinajstić information content (AvgIpc) is 2.38. The van der Waals surface area contributed by atoms with Crippen molar-refractivity contribution in [3.05, 3.63) is 61.9 Å². The first-order valence-electron chi connectivity index (χ1n) is 5.53. The van der Waals surface area contributed by atoms with Crippen LogP contribution in [-0.2, 0) is 6.61 Å². The van der Waals surface area contributed by atoms with E-state index in [9.17, 15) is 9.18 Å². The molecule has 6 heteroatoms. The maximum Gasteiger partial charge on any atom is 0.252 e. The predicted molar refractivity (Wildman–Crippen MR) is 85.1 cm³/mol. The van der Waals surface area contributed by atoms with Gasteiger partial charge in [-0.05, 0) is 64.5 Å². The number of hydrogen-bond acceptors (Lipinski definition) is 2. The summed E-state index contributed by atoms with van der Waals surface area (Å²) in [5.41, 5.74) is 1.09. The Bertz CT molecular complexity index is 662. The van der Waals surface area contributed by atoms with Crippen LogP contribution in [0.1, 0.15) is 15.9 Å². The van der Waals surface area contributed by atoms with Crippen molar-refractivity contribution >= 4 is 51.0 Å². The van der Waals surface area contributed by atoms with Gasteiger partial charge in [-0.25, -0.2) is 4.39 Å². The Balaban J connectivity index is 2.13. The summed E-state index contributed by atoms with van der Waals surface area (Å²) in [6, 6.07) is 9.01. The predicted octanol–water partition coefficient (Wildman–Crippen LogP) is 5.04. The lowest BCUT2D eigenvalue weighted by Crippen LogP contribution is -1.99. The first-order valence-corrected chi connectivity index (χ1v) is 7.37. The van der Waals surface area contributed by atoms with Crippen molar-refractivity contribution in [3.63, 3.8) is 0 Å². The fraction of sp³-hybridized carbons (Fsp3) is 0.0714. The molecule has 0 aliphatic heterocycles. The molecule has 0 spiro atoms. The first kappa shape index (κ1) is 15.5. The van der Waals surface area contributed by atoms with E-state index in [-0.39, 0.29) is 6.61 Å². The summed E-state index contributed by atoms with van der Waals surface area (Å²) < 4.78 is 19.3. The minimum atomic E-state index is -0.518. The lowest BCUT2D eigenvalue weighted by atomic mass is 10.2. The van der Waals surface area contributed by atoms with Gasteiger partial charge in [0.25, 0.3) is 5.24 Å². The molecule has 0 saturated heterocycles. The van der Waals surface area contributed by atoms with Crippen LogP contribution in [-0.4, -0.2) is 5.24 Å². The summed E-state index contributed by atoms with van der Waals surface area (Å²) in [5, 5.41) is -0.205. The number of benzene rings is 2. The fourth-order valence-electron chi connectivity index (χ4n) is 1.53. The summed E-state index contributed by atoms with van der Waals surface area (Å²) in [5.74, 6) is 0.214. The van der Waals surface area contributed by atoms with Gasteiger partial charge in [-0.2, -0.15) is 0 Å². The van der Waals surface area contributed by atoms with Gasteiger partial charge in [0.05, 0.1) is 8.59 Å². The van der Waals surface area contributed by atoms with E-state index < -0.39 is 11.1 Å². The van der Waals surface area contributed by atoms with Gasteiger partial charge in [0, 0.05) is 11.1 Å². The molecule has 2 rings (SSSR count). The molecule has 0 aliphatic rings. The van der Waals surface area contributed by atoms with E-state index in [1.165, 1.54) is 12.1 Å². The highest BCUT2D eigenvalue weighted by atomic mass is 127. The summed E-state index contributed by atoms with van der Waals surface area (Å²) >= 11 is 13.4. The molecule has 0 heterocycles. The van der Waals surface area contributed by atoms with Crippen LogP contribution in [0, 0.1) is 9.39 Å². The van der Waals surface area contributed by atoms with Crippen LogP contribution < -0.4 is 4.74 Å². The smallest absolute Gasteiger partial charge is 0.252 e. The van der Waals surface area contributed by atoms with Crippen molar-refractivity contribution in [2.24, 2.45) is 0 Å². The van der Waals surface area contributed by atoms with E-state index >= 15 is 0 Å². The van der Waals surface area contributed by atoms with Crippen LogP contribution in [0.15, 0.2) is 36.4 Å². The van der Waals surface area contributed by atoms with Gasteiger partial charge in [-0.3, -0.25) is 4.79 Å². The van der Waals surface area contributed by atoms with E-state index in [0.29, 0.717) is 21.9 Å². The molecule has 0 saturated carbocycles. The molecule has 20 heavy (non-hydrogen) atoms. The maximum atomic E-state index is 12.9. The molecule has 0 amide bonds. The molecule has 0 N–H and O–H groups in total. The number of carbonyl (C=O) groups is 1. The van der Waals surface area contributed by atoms with E-state index in [0.717, 1.165) is 3.57 Å². The lowest BCUT2D eigenvalue weighted by Gasteiger charge is -2.10. The molecule has 0 bridgehead atoms. The SMILES string of the molecule is O=C(Cl)c1ccc(OCc2ccc(F)cc2Cl)c(I)c1. The third-order valence-corrected chi connectivity index (χ3v) is 3.97. The molecule has 0 unspecified atom stereocenters. The van der Waals surface area contributed by atoms with Crippen molar-refractivity contribution in [3.8, 4) is 5.75 Å². The third kappa shape index (κ3) is 3.84. The van der Waals surface area contributed by atoms with Crippen LogP contribution >= 0.6 is 45.8 Å². The highest BCUT2D eigenvalue weighted by Gasteiger charge is 2.08. The van der Waals surface area contributed by atoms with Crippen LogP contribution in [0.4, 0.5) is 4.39 Å². The quantitative estimate of drug-likeness (QED) is 0.507. The largest absolute Gasteiger partial charge is 0.488 e. The van der Waals surface area contributed by atoms with Crippen molar-refractivity contribution in [2.75, 3.05) is 0 Å². The Labute approximate surface area is 139 Å². The normalized spacial score (nSPS) is 10.4. The van der Waals surface area contributed by atoms with Gasteiger partial charge < -0.3 is 4.74 Å². The Kier molecular flexibility index (Phi) is 5.23. The molecule has 2 nitrogen and oxygen atoms in total. The van der Waals surface area contributed by atoms with Crippen molar-refractivity contribution < 1.29 is 13.9 Å². The number of rotatable bonds is 4. The lowest BCUT2D eigenvalue weighted by molar-refractivity contribution is 0.108. The standard InChI is InChI=1S/C14H8Cl2FIO2/c15-11-6-10(17)3-1-9(11)7-20-13-4-2-8(14(16)19)5-12(13)18/h1-6H,7H2. The molecule has 2 aromatic carbocycles. The zero-order chi connectivity index (χ0) is 14.7. The Morgan fingerprint density at radius 3 is 2.60 bits per heavy atom. The fourth-order valence-corrected chi connectivity index (χ4v) is 2.54. The molecule has 2 aromatic rings. The molecule has 0 fully saturated rings. The number of halogens is 4. The third-order valence-electron chi connectivity index (χ3n) is 2.56. The Hall–Kier alpha value is -0.850. The zero-order valence-corrected chi connectivity index (χ0v) is 13.7. The second-order valence-electron chi connectivity index (χ2n) is 3.94. The van der Waals surface area contributed by atoms with E-state index in [2.05, 4.69) is 0 Å². The minimum Gasteiger partial charge on any atom is -0.488 e. The molecule has 104 valence electrons. The number of ether oxygens (including phenoxy) is 1. The van der Waals surface area contributed by atoms with Crippen molar-refractivity contribution in [1.82, 2.24) is 0 Å². The molecular formula is C14H8Cl2FIO2. The van der Waals surface area contributed by atoms with Gasteiger partial charge >= 0.3 is 0 Å². The van der Waals surface area contributed by atoms with Gasteiger partial charge in [0.15, 0.2) is 0 Å². The average molecular weight is 425 g/mol. The second kappa shape index (κ2) is 6.74. The second-order valence-corrected chi connectivity index (χ2v) is 5.86. The summed E-state index contributed by atoms with van der Waals surface area (Å²) in [7, 11) is 0. The van der Waals surface area contributed by atoms with E-state index in [1.54, 1.807) is 24.3 Å². The maximum absolute atomic E-state index is 12.9. The molecule has 0 aromatic heterocycles. The monoisotopic (exact) mass is 424 g/mol. The van der Waals surface area contributed by atoms with Crippen molar-refractivity contribution in [1.29, 1.82) is 0 Å². The highest BCUT2D eigenvalue weighted by Crippen LogP contribution is 2.25. The van der Waals surface area contributed by atoms with Gasteiger partial charge in [-0.1, -0.05) is 17.7 Å². The van der Waals surface area contributed by atoms with E-state index in [4.69, 9.17) is 27.9 Å². The first-order chi connectivity index (χ1) is 9.47. The highest BCUT2D eigenvalue weighted by molar-refractivity contribution is 14.1. The molecule has 0 radical (unpaired) electrons. The van der Waals surface area contributed by atoms with Crippen LogP contribution in [0.5, 0.6) is 5.75 Å². The molecule has 0 aliphatic carbocycles. The molecular weight excluding hydrogens is 417 g/mol. The Morgan fingerprint density at radius 2 is 2.00 bits per heavy atom. The van der Waals surface area contributed by atoms with Crippen LogP contribution in [0.3, 0.4) is 0 Å². The molecule has 0 atom stereocenters. The van der Waals surface area contributed by atoms with Crippen LogP contribution in [0.25, 0.3) is 0 Å². The van der Waals surface area contributed by atoms with Gasteiger partial charge in [0.1, 0.15) is 18.2 Å². The number of hydrogen-bond donors (Lipinski definition) is 0. The summed E-state index contributed by atoms with van der Waals surface area (Å²) in [4.78, 5) is 11.0. The van der Waals surface area contributed by atoms with Gasteiger partial charge in [0.2, 0.25) is 0 Å². The zero-order valence-electron chi connectivity index (χ0n) is 10.00. The Morgan fingerprint density at radius 1 is 1.25 bits per heavy atom. The summed E-state index contributed by atoms with van der Waals surface area (Å²) in [6.07, 6.45) is 0. The van der Waals surface area contributed by atoms with Gasteiger partial charge in [-0.15, -0.1) is 0 Å². The number of carbonyl (C=O) groups excluding carboxylic acids is 1. The van der Waals surface area contributed by atoms with E-state index in [1.807, 2.05) is 22.6 Å². The topological polar surface area (TPSA) is 26.3 Å². The van der Waals surface area contributed by atoms with Crippen molar-refractivity contribution in [2.45, 2.75) is 6.61 Å². The van der Waals surface area contributed by atoms with Crippen LogP contribution in [0.2, 0.25) is 5.02 Å². The minimum absolute atomic E-state index is 0.212.